The molecule has 7 nitrogen and oxygen atoms in total. The van der Waals surface area contributed by atoms with Gasteiger partial charge >= 0.3 is 0 Å². The van der Waals surface area contributed by atoms with E-state index in [-0.39, 0.29) is 0 Å². The van der Waals surface area contributed by atoms with Gasteiger partial charge in [-0.2, -0.15) is 9.67 Å². The summed E-state index contributed by atoms with van der Waals surface area (Å²) in [5.41, 5.74) is 5.84. The van der Waals surface area contributed by atoms with Crippen molar-refractivity contribution in [1.29, 1.82) is 0 Å². The van der Waals surface area contributed by atoms with E-state index >= 15 is 0 Å². The molecule has 1 fully saturated rings. The van der Waals surface area contributed by atoms with Crippen LogP contribution in [0.3, 0.4) is 0 Å². The first-order chi connectivity index (χ1) is 8.83. The second-order valence-electron chi connectivity index (χ2n) is 4.23. The maximum atomic E-state index is 5.84. The van der Waals surface area contributed by atoms with Crippen LogP contribution in [0.2, 0.25) is 0 Å². The van der Waals surface area contributed by atoms with Gasteiger partial charge in [-0.1, -0.05) is 6.07 Å². The highest BCUT2D eigenvalue weighted by atomic mass is 15.4. The molecule has 3 heterocycles. The van der Waals surface area contributed by atoms with Gasteiger partial charge in [-0.15, -0.1) is 5.10 Å². The van der Waals surface area contributed by atoms with Gasteiger partial charge in [-0.05, 0) is 25.1 Å². The fraction of sp³-hybridized carbons (Fsp3) is 0.364. The van der Waals surface area contributed by atoms with Crippen molar-refractivity contribution in [3.8, 4) is 5.82 Å². The lowest BCUT2D eigenvalue weighted by molar-refractivity contribution is 0.773. The summed E-state index contributed by atoms with van der Waals surface area (Å²) in [6.45, 7) is 1.95. The molecule has 0 amide bonds. The fourth-order valence-corrected chi connectivity index (χ4v) is 1.99. The smallest absolute Gasteiger partial charge is 0.244 e. The summed E-state index contributed by atoms with van der Waals surface area (Å²) >= 11 is 0. The van der Waals surface area contributed by atoms with Crippen molar-refractivity contribution in [2.24, 2.45) is 0 Å². The number of nitrogens with one attached hydrogen (secondary N) is 2. The third-order valence-corrected chi connectivity index (χ3v) is 2.89. The average Bonchev–Trinajstić information content (AvgIpc) is 3.01. The van der Waals surface area contributed by atoms with Crippen LogP contribution in [0, 0.1) is 0 Å². The molecule has 3 rings (SSSR count). The maximum Gasteiger partial charge on any atom is 0.244 e. The lowest BCUT2D eigenvalue weighted by atomic mass is 10.3. The van der Waals surface area contributed by atoms with Crippen molar-refractivity contribution < 1.29 is 0 Å². The number of nitrogens with zero attached hydrogens (tertiary/aromatic N) is 4. The minimum atomic E-state index is 0.335. The van der Waals surface area contributed by atoms with Crippen LogP contribution < -0.4 is 16.4 Å². The number of hydrogen-bond acceptors (Lipinski definition) is 6. The van der Waals surface area contributed by atoms with Gasteiger partial charge in [0.25, 0.3) is 0 Å². The van der Waals surface area contributed by atoms with Gasteiger partial charge in [0, 0.05) is 18.8 Å². The van der Waals surface area contributed by atoms with Crippen LogP contribution in [-0.2, 0) is 0 Å². The quantitative estimate of drug-likeness (QED) is 0.705. The third-order valence-electron chi connectivity index (χ3n) is 2.89. The largest absolute Gasteiger partial charge is 0.368 e. The van der Waals surface area contributed by atoms with Gasteiger partial charge in [-0.3, -0.25) is 0 Å². The highest BCUT2D eigenvalue weighted by molar-refractivity contribution is 5.38. The molecule has 0 spiro atoms. The predicted molar refractivity (Wildman–Crippen MR) is 68.5 cm³/mol. The molecule has 0 saturated carbocycles. The number of nitrogens with two attached hydrogens (primary N) is 1. The molecule has 1 aliphatic heterocycles. The molecule has 4 N–H and O–H groups in total. The van der Waals surface area contributed by atoms with E-state index < -0.39 is 0 Å². The van der Waals surface area contributed by atoms with E-state index in [9.17, 15) is 0 Å². The van der Waals surface area contributed by atoms with E-state index in [4.69, 9.17) is 5.73 Å². The summed E-state index contributed by atoms with van der Waals surface area (Å²) in [4.78, 5) is 8.40. The topological polar surface area (TPSA) is 93.7 Å². The fourth-order valence-electron chi connectivity index (χ4n) is 1.99. The van der Waals surface area contributed by atoms with Gasteiger partial charge < -0.3 is 16.4 Å². The van der Waals surface area contributed by atoms with Crippen molar-refractivity contribution in [2.45, 2.75) is 12.5 Å². The molecule has 18 heavy (non-hydrogen) atoms. The van der Waals surface area contributed by atoms with E-state index in [2.05, 4.69) is 25.7 Å². The van der Waals surface area contributed by atoms with E-state index in [1.54, 1.807) is 6.20 Å². The molecular formula is C11H15N7. The summed E-state index contributed by atoms with van der Waals surface area (Å²) in [7, 11) is 0. The van der Waals surface area contributed by atoms with E-state index in [1.807, 2.05) is 18.2 Å². The SMILES string of the molecule is Nc1nc(NC2CCNC2)nn1-c1ccccn1. The second kappa shape index (κ2) is 4.61. The Balaban J connectivity index is 1.82. The van der Waals surface area contributed by atoms with Crippen molar-refractivity contribution >= 4 is 11.9 Å². The molecule has 1 unspecified atom stereocenters. The van der Waals surface area contributed by atoms with Crippen molar-refractivity contribution in [1.82, 2.24) is 25.1 Å². The summed E-state index contributed by atoms with van der Waals surface area (Å²) < 4.78 is 1.53. The Kier molecular flexibility index (Phi) is 2.81. The number of pyridine rings is 1. The molecule has 1 atom stereocenters. The van der Waals surface area contributed by atoms with Crippen LogP contribution in [0.15, 0.2) is 24.4 Å². The molecule has 0 aromatic carbocycles. The zero-order valence-corrected chi connectivity index (χ0v) is 9.87. The van der Waals surface area contributed by atoms with Crippen molar-refractivity contribution in [2.75, 3.05) is 24.1 Å². The Labute approximate surface area is 104 Å². The second-order valence-corrected chi connectivity index (χ2v) is 4.23. The molecule has 2 aromatic heterocycles. The molecular weight excluding hydrogens is 230 g/mol. The van der Waals surface area contributed by atoms with Crippen molar-refractivity contribution in [3.63, 3.8) is 0 Å². The predicted octanol–water partition coefficient (Wildman–Crippen LogP) is 0.0183. The lowest BCUT2D eigenvalue weighted by Crippen LogP contribution is -2.22. The zero-order chi connectivity index (χ0) is 12.4. The average molecular weight is 245 g/mol. The molecule has 1 aliphatic rings. The standard InChI is InChI=1S/C11H15N7/c12-10-16-11(15-8-4-6-13-7-8)17-18(10)9-3-1-2-5-14-9/h1-3,5,8,13H,4,6-7H2,(H3,12,15,16,17). The number of anilines is 2. The first-order valence-corrected chi connectivity index (χ1v) is 5.94. The van der Waals surface area contributed by atoms with Gasteiger partial charge in [-0.25, -0.2) is 4.98 Å². The molecule has 0 radical (unpaired) electrons. The van der Waals surface area contributed by atoms with Crippen LogP contribution in [-0.4, -0.2) is 38.9 Å². The summed E-state index contributed by atoms with van der Waals surface area (Å²) in [5.74, 6) is 1.55. The first-order valence-electron chi connectivity index (χ1n) is 5.94. The van der Waals surface area contributed by atoms with Crippen LogP contribution in [0.5, 0.6) is 0 Å². The molecule has 0 bridgehead atoms. The number of hydrogen-bond donors (Lipinski definition) is 3. The Morgan fingerprint density at radius 3 is 3.11 bits per heavy atom. The molecule has 94 valence electrons. The third kappa shape index (κ3) is 2.12. The Bertz CT molecular complexity index is 515. The zero-order valence-electron chi connectivity index (χ0n) is 9.87. The molecule has 2 aromatic rings. The number of aromatic nitrogens is 4. The minimum absolute atomic E-state index is 0.335. The van der Waals surface area contributed by atoms with E-state index in [0.717, 1.165) is 19.5 Å². The van der Waals surface area contributed by atoms with Crippen LogP contribution >= 0.6 is 0 Å². The van der Waals surface area contributed by atoms with Crippen LogP contribution in [0.4, 0.5) is 11.9 Å². The normalized spacial score (nSPS) is 19.0. The van der Waals surface area contributed by atoms with Gasteiger partial charge in [0.1, 0.15) is 0 Å². The first kappa shape index (κ1) is 11.0. The summed E-state index contributed by atoms with van der Waals surface area (Å²) in [6, 6.07) is 5.94. The monoisotopic (exact) mass is 245 g/mol. The van der Waals surface area contributed by atoms with E-state index in [0.29, 0.717) is 23.8 Å². The molecule has 0 aliphatic carbocycles. The number of nitrogen functional groups attached to an aromatic ring is 1. The van der Waals surface area contributed by atoms with Gasteiger partial charge in [0.2, 0.25) is 11.9 Å². The number of rotatable bonds is 3. The Hall–Kier alpha value is -2.15. The van der Waals surface area contributed by atoms with Crippen molar-refractivity contribution in [3.05, 3.63) is 24.4 Å². The molecule has 7 heteroatoms. The maximum absolute atomic E-state index is 5.84. The summed E-state index contributed by atoms with van der Waals surface area (Å²) in [6.07, 6.45) is 2.77. The van der Waals surface area contributed by atoms with Crippen LogP contribution in [0.1, 0.15) is 6.42 Å². The van der Waals surface area contributed by atoms with E-state index in [1.165, 1.54) is 4.68 Å². The highest BCUT2D eigenvalue weighted by Crippen LogP contribution is 2.13. The lowest BCUT2D eigenvalue weighted by Gasteiger charge is -2.07. The van der Waals surface area contributed by atoms with Gasteiger partial charge in [0.15, 0.2) is 5.82 Å². The Morgan fingerprint density at radius 1 is 1.44 bits per heavy atom. The molecule has 1 saturated heterocycles. The summed E-state index contributed by atoms with van der Waals surface area (Å²) in [5, 5.41) is 10.9. The highest BCUT2D eigenvalue weighted by Gasteiger charge is 2.17. The van der Waals surface area contributed by atoms with Gasteiger partial charge in [0.05, 0.1) is 0 Å². The van der Waals surface area contributed by atoms with Crippen LogP contribution in [0.25, 0.3) is 5.82 Å². The minimum Gasteiger partial charge on any atom is -0.368 e. The Morgan fingerprint density at radius 2 is 2.39 bits per heavy atom.